The third kappa shape index (κ3) is 3.41. The number of nitrogens with zero attached hydrogens (tertiary/aromatic N) is 5. The summed E-state index contributed by atoms with van der Waals surface area (Å²) >= 11 is 0. The number of fused-ring (bicyclic) bond motifs is 2. The summed E-state index contributed by atoms with van der Waals surface area (Å²) in [7, 11) is 0. The van der Waals surface area contributed by atoms with E-state index in [9.17, 15) is 18.9 Å². The minimum absolute atomic E-state index is 0. The molecule has 12 heteroatoms. The summed E-state index contributed by atoms with van der Waals surface area (Å²) in [5, 5.41) is 10.8. The first-order valence-electron chi connectivity index (χ1n) is 8.87. The molecular weight excluding hydrogens is 420 g/mol. The van der Waals surface area contributed by atoms with Crippen LogP contribution in [0.3, 0.4) is 0 Å². The Morgan fingerprint density at radius 3 is 2.73 bits per heavy atom. The second kappa shape index (κ2) is 7.06. The van der Waals surface area contributed by atoms with Crippen molar-refractivity contribution in [2.45, 2.75) is 32.2 Å². The summed E-state index contributed by atoms with van der Waals surface area (Å²) in [6.45, 7) is 3.90. The fourth-order valence-electron chi connectivity index (χ4n) is 3.80. The highest BCUT2D eigenvalue weighted by Crippen LogP contribution is 2.34. The first-order chi connectivity index (χ1) is 13.8. The lowest BCUT2D eigenvalue weighted by molar-refractivity contribution is -0.389. The number of rotatable bonds is 4. The molecule has 0 bridgehead atoms. The third-order valence-corrected chi connectivity index (χ3v) is 5.00. The van der Waals surface area contributed by atoms with Gasteiger partial charge in [0.05, 0.1) is 18.8 Å². The number of benzene rings is 1. The normalized spacial score (nSPS) is 19.8. The fraction of sp³-hybridized carbons (Fsp3) is 0.333. The fourth-order valence-corrected chi connectivity index (χ4v) is 3.80. The smallest absolute Gasteiger partial charge is 0.415 e. The van der Waals surface area contributed by atoms with Gasteiger partial charge in [-0.3, -0.25) is 9.47 Å². The van der Waals surface area contributed by atoms with Crippen LogP contribution in [0.1, 0.15) is 18.4 Å². The Morgan fingerprint density at radius 2 is 2.07 bits per heavy atom. The largest absolute Gasteiger partial charge is 0.439 e. The van der Waals surface area contributed by atoms with Crippen molar-refractivity contribution >= 4 is 19.3 Å². The summed E-state index contributed by atoms with van der Waals surface area (Å²) < 4.78 is 39.8. The molecule has 3 aromatic rings. The molecule has 1 aromatic carbocycles. The number of imidazole rings is 1. The monoisotopic (exact) mass is 437 g/mol. The molecule has 30 heavy (non-hydrogen) atoms. The standard InChI is InChI=1S/C18H15F2N5O4.H2S/c1-18(9-24-7-15(25(26)27)22-17(24)29-18)8-23-5-13-14(6-23)28-16(21-13)10-2-3-11(19)12(20)4-10;/h2-4,7H,5-6,8-9H2,1H3;1H2/t18-;/m0./s1. The number of oxazole rings is 1. The van der Waals surface area contributed by atoms with E-state index in [2.05, 4.69) is 14.9 Å². The molecule has 0 amide bonds. The van der Waals surface area contributed by atoms with Crippen molar-refractivity contribution in [3.63, 3.8) is 0 Å². The Morgan fingerprint density at radius 1 is 1.27 bits per heavy atom. The third-order valence-electron chi connectivity index (χ3n) is 5.00. The van der Waals surface area contributed by atoms with E-state index in [4.69, 9.17) is 9.15 Å². The van der Waals surface area contributed by atoms with Gasteiger partial charge in [-0.25, -0.2) is 13.8 Å². The number of halogens is 2. The lowest BCUT2D eigenvalue weighted by Crippen LogP contribution is -2.43. The van der Waals surface area contributed by atoms with Crippen LogP contribution in [0.2, 0.25) is 0 Å². The summed E-state index contributed by atoms with van der Waals surface area (Å²) in [5.41, 5.74) is 0.520. The zero-order chi connectivity index (χ0) is 20.3. The minimum Gasteiger partial charge on any atom is -0.439 e. The zero-order valence-corrected chi connectivity index (χ0v) is 16.8. The van der Waals surface area contributed by atoms with E-state index >= 15 is 0 Å². The summed E-state index contributed by atoms with van der Waals surface area (Å²) in [6, 6.07) is 3.75. The number of hydrogen-bond acceptors (Lipinski definition) is 7. The predicted octanol–water partition coefficient (Wildman–Crippen LogP) is 3.00. The lowest BCUT2D eigenvalue weighted by Gasteiger charge is -2.27. The molecule has 9 nitrogen and oxygen atoms in total. The van der Waals surface area contributed by atoms with Gasteiger partial charge < -0.3 is 19.3 Å². The molecule has 2 aromatic heterocycles. The number of hydrogen-bond donors (Lipinski definition) is 0. The van der Waals surface area contributed by atoms with Gasteiger partial charge in [0.15, 0.2) is 11.6 Å². The topological polar surface area (TPSA) is 99.5 Å². The van der Waals surface area contributed by atoms with Crippen LogP contribution in [-0.2, 0) is 19.6 Å². The van der Waals surface area contributed by atoms with Crippen molar-refractivity contribution in [3.8, 4) is 17.5 Å². The SMILES string of the molecule is C[C@]1(CN2Cc3nc(-c4ccc(F)c(F)c4)oc3C2)Cn2cc([N+](=O)[O-])nc2O1.S. The average Bonchev–Trinajstić information content (AvgIpc) is 3.35. The van der Waals surface area contributed by atoms with Crippen molar-refractivity contribution in [1.82, 2.24) is 19.4 Å². The average molecular weight is 437 g/mol. The zero-order valence-electron chi connectivity index (χ0n) is 15.8. The van der Waals surface area contributed by atoms with Crippen LogP contribution in [-0.4, -0.2) is 36.5 Å². The molecule has 2 aliphatic heterocycles. The Labute approximate surface area is 175 Å². The lowest BCUT2D eigenvalue weighted by atomic mass is 10.1. The van der Waals surface area contributed by atoms with Gasteiger partial charge in [-0.05, 0) is 30.0 Å². The molecule has 5 rings (SSSR count). The predicted molar refractivity (Wildman–Crippen MR) is 104 cm³/mol. The number of nitro groups is 1. The van der Waals surface area contributed by atoms with Gasteiger partial charge in [0.25, 0.3) is 0 Å². The minimum atomic E-state index is -0.952. The molecule has 0 unspecified atom stereocenters. The molecule has 1 atom stereocenters. The van der Waals surface area contributed by atoms with Crippen LogP contribution in [0, 0.1) is 21.7 Å². The Hall–Kier alpha value is -2.99. The van der Waals surface area contributed by atoms with Crippen molar-refractivity contribution in [2.75, 3.05) is 6.54 Å². The maximum Gasteiger partial charge on any atom is 0.415 e. The molecule has 0 saturated heterocycles. The van der Waals surface area contributed by atoms with Crippen molar-refractivity contribution < 1.29 is 22.9 Å². The van der Waals surface area contributed by atoms with Gasteiger partial charge >= 0.3 is 11.8 Å². The van der Waals surface area contributed by atoms with E-state index in [1.807, 2.05) is 6.92 Å². The molecule has 0 spiro atoms. The second-order valence-electron chi connectivity index (χ2n) is 7.48. The van der Waals surface area contributed by atoms with Crippen LogP contribution in [0.15, 0.2) is 28.8 Å². The molecule has 0 fully saturated rings. The van der Waals surface area contributed by atoms with Crippen LogP contribution in [0.5, 0.6) is 6.01 Å². The molecule has 0 radical (unpaired) electrons. The maximum atomic E-state index is 13.4. The van der Waals surface area contributed by atoms with Crippen molar-refractivity contribution in [3.05, 3.63) is 57.6 Å². The summed E-state index contributed by atoms with van der Waals surface area (Å²) in [6.07, 6.45) is 1.37. The van der Waals surface area contributed by atoms with E-state index in [-0.39, 0.29) is 31.2 Å². The van der Waals surface area contributed by atoms with Crippen LogP contribution < -0.4 is 4.74 Å². The first-order valence-corrected chi connectivity index (χ1v) is 8.87. The Bertz CT molecular complexity index is 1100. The van der Waals surface area contributed by atoms with Crippen molar-refractivity contribution in [1.29, 1.82) is 0 Å². The molecule has 0 saturated carbocycles. The van der Waals surface area contributed by atoms with Gasteiger partial charge in [0.1, 0.15) is 17.6 Å². The summed E-state index contributed by atoms with van der Waals surface area (Å²) in [4.78, 5) is 20.6. The van der Waals surface area contributed by atoms with Crippen LogP contribution in [0.25, 0.3) is 11.5 Å². The van der Waals surface area contributed by atoms with Gasteiger partial charge in [0, 0.05) is 23.6 Å². The van der Waals surface area contributed by atoms with Gasteiger partial charge in [-0.2, -0.15) is 13.5 Å². The van der Waals surface area contributed by atoms with Gasteiger partial charge in [-0.15, -0.1) is 0 Å². The number of aromatic nitrogens is 3. The van der Waals surface area contributed by atoms with Gasteiger partial charge in [-0.1, -0.05) is 0 Å². The summed E-state index contributed by atoms with van der Waals surface area (Å²) in [5.74, 6) is -1.19. The van der Waals surface area contributed by atoms with Crippen molar-refractivity contribution in [2.24, 2.45) is 0 Å². The van der Waals surface area contributed by atoms with E-state index in [1.165, 1.54) is 12.3 Å². The first kappa shape index (κ1) is 20.3. The number of ether oxygens (including phenoxy) is 1. The van der Waals surface area contributed by atoms with Crippen LogP contribution >= 0.6 is 13.5 Å². The second-order valence-corrected chi connectivity index (χ2v) is 7.48. The molecule has 4 heterocycles. The molecule has 0 N–H and O–H groups in total. The Balaban J connectivity index is 0.00000218. The Kier molecular flexibility index (Phi) is 4.77. The molecular formula is C18H17F2N5O4S. The van der Waals surface area contributed by atoms with Gasteiger partial charge in [0.2, 0.25) is 5.89 Å². The highest BCUT2D eigenvalue weighted by atomic mass is 32.1. The highest BCUT2D eigenvalue weighted by molar-refractivity contribution is 7.59. The maximum absolute atomic E-state index is 13.4. The van der Waals surface area contributed by atoms with E-state index < -0.39 is 22.2 Å². The quantitative estimate of drug-likeness (QED) is 0.457. The van der Waals surface area contributed by atoms with E-state index in [1.54, 1.807) is 4.57 Å². The highest BCUT2D eigenvalue weighted by Gasteiger charge is 2.42. The molecule has 158 valence electrons. The van der Waals surface area contributed by atoms with E-state index in [0.717, 1.165) is 17.8 Å². The molecule has 2 aliphatic rings. The van der Waals surface area contributed by atoms with E-state index in [0.29, 0.717) is 37.5 Å². The molecule has 0 aliphatic carbocycles. The van der Waals surface area contributed by atoms with Crippen LogP contribution in [0.4, 0.5) is 14.6 Å².